The third-order valence-electron chi connectivity index (χ3n) is 5.21. The van der Waals surface area contributed by atoms with Gasteiger partial charge >= 0.3 is 5.97 Å². The summed E-state index contributed by atoms with van der Waals surface area (Å²) >= 11 is 0. The SMILES string of the molecule is CCCCCCCC(=O)OCCOCCOCCOCCOCCOCCOCCOc1ccc(N)cc1. The molecule has 2 N–H and O–H groups in total. The fourth-order valence-corrected chi connectivity index (χ4v) is 3.14. The number of benzene rings is 1. The standard InChI is InChI=1S/C28H49NO9/c1-2-3-4-5-6-7-28(30)38-25-23-36-21-19-34-17-15-32-13-12-31-14-16-33-18-20-35-22-24-37-27-10-8-26(29)9-11-27/h8-11H,2-7,12-25,29H2,1H3. The van der Waals surface area contributed by atoms with Gasteiger partial charge in [-0.3, -0.25) is 4.79 Å². The van der Waals surface area contributed by atoms with Gasteiger partial charge < -0.3 is 43.6 Å². The maximum absolute atomic E-state index is 11.6. The second kappa shape index (κ2) is 26.6. The molecule has 10 heteroatoms. The molecule has 10 nitrogen and oxygen atoms in total. The highest BCUT2D eigenvalue weighted by molar-refractivity contribution is 5.69. The van der Waals surface area contributed by atoms with Crippen LogP contribution in [0.2, 0.25) is 0 Å². The van der Waals surface area contributed by atoms with Gasteiger partial charge in [0.15, 0.2) is 0 Å². The molecule has 0 spiro atoms. The molecule has 0 aromatic heterocycles. The van der Waals surface area contributed by atoms with Crippen LogP contribution in [-0.4, -0.2) is 98.5 Å². The van der Waals surface area contributed by atoms with Gasteiger partial charge in [-0.1, -0.05) is 32.6 Å². The number of unbranched alkanes of at least 4 members (excludes halogenated alkanes) is 4. The molecule has 0 saturated heterocycles. The van der Waals surface area contributed by atoms with Crippen LogP contribution in [0.4, 0.5) is 5.69 Å². The van der Waals surface area contributed by atoms with Crippen LogP contribution in [0.5, 0.6) is 5.75 Å². The average molecular weight is 544 g/mol. The third kappa shape index (κ3) is 23.2. The van der Waals surface area contributed by atoms with Crippen LogP contribution in [0.3, 0.4) is 0 Å². The number of anilines is 1. The minimum absolute atomic E-state index is 0.145. The summed E-state index contributed by atoms with van der Waals surface area (Å²) in [6, 6.07) is 7.26. The normalized spacial score (nSPS) is 11.1. The first-order valence-corrected chi connectivity index (χ1v) is 13.8. The Morgan fingerprint density at radius 2 is 1.00 bits per heavy atom. The van der Waals surface area contributed by atoms with Crippen molar-refractivity contribution in [3.63, 3.8) is 0 Å². The van der Waals surface area contributed by atoms with Crippen molar-refractivity contribution in [2.75, 3.05) is 98.2 Å². The summed E-state index contributed by atoms with van der Waals surface area (Å²) in [7, 11) is 0. The van der Waals surface area contributed by atoms with E-state index in [-0.39, 0.29) is 12.6 Å². The Balaban J connectivity index is 1.68. The first-order valence-electron chi connectivity index (χ1n) is 13.8. The zero-order chi connectivity index (χ0) is 27.4. The summed E-state index contributed by atoms with van der Waals surface area (Å²) in [4.78, 5) is 11.6. The molecule has 0 radical (unpaired) electrons. The Labute approximate surface area is 228 Å². The molecule has 0 saturated carbocycles. The molecule has 1 rings (SSSR count). The molecule has 1 aromatic carbocycles. The lowest BCUT2D eigenvalue weighted by Gasteiger charge is -2.09. The molecule has 220 valence electrons. The van der Waals surface area contributed by atoms with Crippen LogP contribution in [0.25, 0.3) is 0 Å². The second-order valence-corrected chi connectivity index (χ2v) is 8.48. The van der Waals surface area contributed by atoms with E-state index < -0.39 is 0 Å². The van der Waals surface area contributed by atoms with E-state index in [0.29, 0.717) is 98.0 Å². The first-order chi connectivity index (χ1) is 18.7. The van der Waals surface area contributed by atoms with Crippen LogP contribution >= 0.6 is 0 Å². The van der Waals surface area contributed by atoms with Crippen molar-refractivity contribution >= 4 is 11.7 Å². The predicted octanol–water partition coefficient (Wildman–Crippen LogP) is 3.65. The van der Waals surface area contributed by atoms with Gasteiger partial charge in [0.2, 0.25) is 0 Å². The summed E-state index contributed by atoms with van der Waals surface area (Å²) in [5.41, 5.74) is 6.34. The van der Waals surface area contributed by atoms with Crippen molar-refractivity contribution in [2.45, 2.75) is 45.4 Å². The molecular formula is C28H49NO9. The van der Waals surface area contributed by atoms with Gasteiger partial charge in [-0.2, -0.15) is 0 Å². The van der Waals surface area contributed by atoms with Gasteiger partial charge in [-0.05, 0) is 30.7 Å². The lowest BCUT2D eigenvalue weighted by atomic mass is 10.1. The monoisotopic (exact) mass is 543 g/mol. The highest BCUT2D eigenvalue weighted by Crippen LogP contribution is 2.12. The van der Waals surface area contributed by atoms with E-state index in [2.05, 4.69) is 6.92 Å². The fourth-order valence-electron chi connectivity index (χ4n) is 3.14. The molecule has 0 bridgehead atoms. The minimum atomic E-state index is -0.145. The number of nitrogens with two attached hydrogens (primary N) is 1. The van der Waals surface area contributed by atoms with Crippen LogP contribution in [0.1, 0.15) is 45.4 Å². The molecule has 0 aliphatic heterocycles. The Kier molecular flexibility index (Phi) is 23.9. The minimum Gasteiger partial charge on any atom is -0.491 e. The number of carbonyl (C=O) groups excluding carboxylic acids is 1. The van der Waals surface area contributed by atoms with Crippen LogP contribution < -0.4 is 10.5 Å². The number of hydrogen-bond acceptors (Lipinski definition) is 10. The molecule has 0 fully saturated rings. The van der Waals surface area contributed by atoms with Crippen molar-refractivity contribution in [3.05, 3.63) is 24.3 Å². The molecule has 0 atom stereocenters. The molecule has 0 aliphatic rings. The largest absolute Gasteiger partial charge is 0.491 e. The molecule has 0 unspecified atom stereocenters. The van der Waals surface area contributed by atoms with Crippen molar-refractivity contribution < 1.29 is 42.7 Å². The van der Waals surface area contributed by atoms with Crippen LogP contribution in [-0.2, 0) is 38.0 Å². The second-order valence-electron chi connectivity index (χ2n) is 8.48. The molecule has 38 heavy (non-hydrogen) atoms. The van der Waals surface area contributed by atoms with Gasteiger partial charge in [-0.25, -0.2) is 0 Å². The summed E-state index contributed by atoms with van der Waals surface area (Å²) in [6.07, 6.45) is 6.09. The number of carbonyl (C=O) groups is 1. The summed E-state index contributed by atoms with van der Waals surface area (Å²) in [6.45, 7) is 8.77. The molecule has 1 aromatic rings. The number of hydrogen-bond donors (Lipinski definition) is 1. The Hall–Kier alpha value is -1.95. The maximum atomic E-state index is 11.6. The van der Waals surface area contributed by atoms with E-state index in [1.165, 1.54) is 19.3 Å². The maximum Gasteiger partial charge on any atom is 0.305 e. The van der Waals surface area contributed by atoms with Gasteiger partial charge in [-0.15, -0.1) is 0 Å². The topological polar surface area (TPSA) is 117 Å². The Bertz CT molecular complexity index is 646. The Morgan fingerprint density at radius 3 is 1.47 bits per heavy atom. The van der Waals surface area contributed by atoms with E-state index >= 15 is 0 Å². The summed E-state index contributed by atoms with van der Waals surface area (Å²) < 4.78 is 43.3. The quantitative estimate of drug-likeness (QED) is 0.0953. The molecular weight excluding hydrogens is 494 g/mol. The zero-order valence-electron chi connectivity index (χ0n) is 23.2. The first kappa shape index (κ1) is 34.1. The van der Waals surface area contributed by atoms with E-state index in [0.717, 1.165) is 18.6 Å². The highest BCUT2D eigenvalue weighted by Gasteiger charge is 2.02. The number of rotatable bonds is 28. The zero-order valence-corrected chi connectivity index (χ0v) is 23.2. The average Bonchev–Trinajstić information content (AvgIpc) is 2.92. The fraction of sp³-hybridized carbons (Fsp3) is 0.750. The Morgan fingerprint density at radius 1 is 0.579 bits per heavy atom. The summed E-state index contributed by atoms with van der Waals surface area (Å²) in [5, 5.41) is 0. The smallest absolute Gasteiger partial charge is 0.305 e. The summed E-state index contributed by atoms with van der Waals surface area (Å²) in [5.74, 6) is 0.627. The number of esters is 1. The highest BCUT2D eigenvalue weighted by atomic mass is 16.6. The van der Waals surface area contributed by atoms with Gasteiger partial charge in [0.25, 0.3) is 0 Å². The van der Waals surface area contributed by atoms with Crippen molar-refractivity contribution in [3.8, 4) is 5.75 Å². The van der Waals surface area contributed by atoms with Gasteiger partial charge in [0.1, 0.15) is 19.0 Å². The van der Waals surface area contributed by atoms with E-state index in [4.69, 9.17) is 43.6 Å². The van der Waals surface area contributed by atoms with Crippen molar-refractivity contribution in [2.24, 2.45) is 0 Å². The number of nitrogen functional groups attached to an aromatic ring is 1. The molecule has 0 aliphatic carbocycles. The van der Waals surface area contributed by atoms with Crippen LogP contribution in [0, 0.1) is 0 Å². The van der Waals surface area contributed by atoms with Gasteiger partial charge in [0, 0.05) is 12.1 Å². The molecule has 0 heterocycles. The lowest BCUT2D eigenvalue weighted by molar-refractivity contribution is -0.145. The third-order valence-corrected chi connectivity index (χ3v) is 5.21. The van der Waals surface area contributed by atoms with Crippen LogP contribution in [0.15, 0.2) is 24.3 Å². The predicted molar refractivity (Wildman–Crippen MR) is 146 cm³/mol. The van der Waals surface area contributed by atoms with E-state index in [9.17, 15) is 4.79 Å². The van der Waals surface area contributed by atoms with E-state index in [1.54, 1.807) is 12.1 Å². The van der Waals surface area contributed by atoms with E-state index in [1.807, 2.05) is 12.1 Å². The molecule has 0 amide bonds. The lowest BCUT2D eigenvalue weighted by Crippen LogP contribution is -2.15. The van der Waals surface area contributed by atoms with Gasteiger partial charge in [0.05, 0.1) is 79.3 Å². The van der Waals surface area contributed by atoms with Crippen molar-refractivity contribution in [1.82, 2.24) is 0 Å². The van der Waals surface area contributed by atoms with Crippen molar-refractivity contribution in [1.29, 1.82) is 0 Å². The number of ether oxygens (including phenoxy) is 8.